The minimum absolute atomic E-state index is 0.00250. The second kappa shape index (κ2) is 7.78. The number of ether oxygens (including phenoxy) is 1. The number of likely N-dealkylation sites (tertiary alicyclic amines) is 1. The van der Waals surface area contributed by atoms with Crippen molar-refractivity contribution < 1.29 is 14.3 Å². The van der Waals surface area contributed by atoms with Crippen molar-refractivity contribution in [2.75, 3.05) is 39.4 Å². The summed E-state index contributed by atoms with van der Waals surface area (Å²) < 4.78 is 5.34. The Morgan fingerprint density at radius 3 is 2.15 bits per heavy atom. The van der Waals surface area contributed by atoms with E-state index in [2.05, 4.69) is 12.1 Å². The molecule has 3 fully saturated rings. The Morgan fingerprint density at radius 2 is 1.54 bits per heavy atom. The van der Waals surface area contributed by atoms with Crippen molar-refractivity contribution >= 4 is 11.8 Å². The number of carbonyl (C=O) groups is 2. The molecular weight excluding hydrogens is 328 g/mol. The summed E-state index contributed by atoms with van der Waals surface area (Å²) in [6, 6.07) is 10.2. The van der Waals surface area contributed by atoms with E-state index in [0.29, 0.717) is 45.3 Å². The Morgan fingerprint density at radius 1 is 0.885 bits per heavy atom. The van der Waals surface area contributed by atoms with Gasteiger partial charge >= 0.3 is 0 Å². The Hall–Kier alpha value is -1.88. The smallest absolute Gasteiger partial charge is 0.230 e. The quantitative estimate of drug-likeness (QED) is 0.832. The average Bonchev–Trinajstić information content (AvgIpc) is 3.54. The van der Waals surface area contributed by atoms with Crippen LogP contribution in [0.4, 0.5) is 0 Å². The molecule has 4 rings (SSSR count). The molecular formula is C21H28N2O3. The molecule has 1 atom stereocenters. The molecule has 0 bridgehead atoms. The summed E-state index contributed by atoms with van der Waals surface area (Å²) in [5, 5.41) is 0. The summed E-state index contributed by atoms with van der Waals surface area (Å²) in [5.41, 5.74) is 1.14. The molecule has 2 saturated heterocycles. The van der Waals surface area contributed by atoms with Crippen LogP contribution in [0.2, 0.25) is 0 Å². The molecule has 0 radical (unpaired) electrons. The van der Waals surface area contributed by atoms with Crippen LogP contribution in [-0.2, 0) is 14.3 Å². The molecule has 1 unspecified atom stereocenters. The number of amides is 2. The van der Waals surface area contributed by atoms with Gasteiger partial charge in [0.2, 0.25) is 11.8 Å². The second-order valence-corrected chi connectivity index (χ2v) is 7.76. The number of piperidine rings is 1. The van der Waals surface area contributed by atoms with E-state index in [9.17, 15) is 9.59 Å². The van der Waals surface area contributed by atoms with E-state index in [1.165, 1.54) is 0 Å². The molecule has 2 amide bonds. The van der Waals surface area contributed by atoms with Crippen LogP contribution in [0.25, 0.3) is 0 Å². The second-order valence-electron chi connectivity index (χ2n) is 7.76. The van der Waals surface area contributed by atoms with Crippen LogP contribution >= 0.6 is 0 Å². The van der Waals surface area contributed by atoms with Crippen molar-refractivity contribution in [2.24, 2.45) is 11.8 Å². The fraction of sp³-hybridized carbons (Fsp3) is 0.619. The summed E-state index contributed by atoms with van der Waals surface area (Å²) in [6.07, 6.45) is 3.87. The number of hydrogen-bond acceptors (Lipinski definition) is 3. The first-order valence-corrected chi connectivity index (χ1v) is 9.94. The molecule has 26 heavy (non-hydrogen) atoms. The van der Waals surface area contributed by atoms with Crippen molar-refractivity contribution in [3.63, 3.8) is 0 Å². The lowest BCUT2D eigenvalue weighted by molar-refractivity contribution is -0.144. The fourth-order valence-electron chi connectivity index (χ4n) is 4.29. The molecule has 1 aromatic carbocycles. The van der Waals surface area contributed by atoms with E-state index in [1.807, 2.05) is 28.0 Å². The highest BCUT2D eigenvalue weighted by atomic mass is 16.5. The summed E-state index contributed by atoms with van der Waals surface area (Å²) in [7, 11) is 0. The van der Waals surface area contributed by atoms with Gasteiger partial charge in [-0.3, -0.25) is 9.59 Å². The van der Waals surface area contributed by atoms with Crippen LogP contribution in [0.15, 0.2) is 30.3 Å². The van der Waals surface area contributed by atoms with Gasteiger partial charge in [0.05, 0.1) is 19.1 Å². The number of carbonyl (C=O) groups excluding carboxylic acids is 2. The lowest BCUT2D eigenvalue weighted by Gasteiger charge is -2.36. The standard InChI is InChI=1S/C21H28N2O3/c24-20(23-12-14-26-15-13-23)18-8-10-22(11-9-18)21(25)19(17-6-7-17)16-4-2-1-3-5-16/h1-5,17-19H,6-15H2. The molecule has 140 valence electrons. The summed E-state index contributed by atoms with van der Waals surface area (Å²) in [4.78, 5) is 29.8. The third kappa shape index (κ3) is 3.78. The predicted octanol–water partition coefficient (Wildman–Crippen LogP) is 2.28. The maximum absolute atomic E-state index is 13.2. The summed E-state index contributed by atoms with van der Waals surface area (Å²) in [6.45, 7) is 4.10. The SMILES string of the molecule is O=C(C1CCN(C(=O)C(c2ccccc2)C2CC2)CC1)N1CCOCC1. The molecule has 1 aliphatic carbocycles. The number of nitrogens with zero attached hydrogens (tertiary/aromatic N) is 2. The van der Waals surface area contributed by atoms with E-state index < -0.39 is 0 Å². The van der Waals surface area contributed by atoms with Gasteiger partial charge in [0.1, 0.15) is 0 Å². The maximum Gasteiger partial charge on any atom is 0.230 e. The first-order chi connectivity index (χ1) is 12.7. The van der Waals surface area contributed by atoms with E-state index in [1.54, 1.807) is 0 Å². The zero-order valence-electron chi connectivity index (χ0n) is 15.3. The molecule has 1 aromatic rings. The molecule has 0 spiro atoms. The highest BCUT2D eigenvalue weighted by molar-refractivity contribution is 5.85. The minimum Gasteiger partial charge on any atom is -0.378 e. The van der Waals surface area contributed by atoms with Gasteiger partial charge in [0.15, 0.2) is 0 Å². The molecule has 2 aliphatic heterocycles. The molecule has 1 saturated carbocycles. The van der Waals surface area contributed by atoms with Gasteiger partial charge in [-0.1, -0.05) is 30.3 Å². The minimum atomic E-state index is 0.00250. The molecule has 0 N–H and O–H groups in total. The van der Waals surface area contributed by atoms with Crippen molar-refractivity contribution in [3.05, 3.63) is 35.9 Å². The number of rotatable bonds is 4. The average molecular weight is 356 g/mol. The zero-order chi connectivity index (χ0) is 17.9. The highest BCUT2D eigenvalue weighted by Crippen LogP contribution is 2.44. The monoisotopic (exact) mass is 356 g/mol. The van der Waals surface area contributed by atoms with E-state index >= 15 is 0 Å². The number of hydrogen-bond donors (Lipinski definition) is 0. The normalized spacial score (nSPS) is 22.9. The predicted molar refractivity (Wildman–Crippen MR) is 98.6 cm³/mol. The van der Waals surface area contributed by atoms with Crippen LogP contribution in [0, 0.1) is 11.8 Å². The third-order valence-electron chi connectivity index (χ3n) is 6.00. The van der Waals surface area contributed by atoms with Crippen molar-refractivity contribution in [1.29, 1.82) is 0 Å². The molecule has 0 aromatic heterocycles. The Kier molecular flexibility index (Phi) is 5.25. The molecule has 5 nitrogen and oxygen atoms in total. The molecule has 2 heterocycles. The topological polar surface area (TPSA) is 49.9 Å². The summed E-state index contributed by atoms with van der Waals surface area (Å²) >= 11 is 0. The lowest BCUT2D eigenvalue weighted by Crippen LogP contribution is -2.48. The van der Waals surface area contributed by atoms with Gasteiger partial charge in [-0.05, 0) is 37.2 Å². The van der Waals surface area contributed by atoms with Crippen LogP contribution in [0.1, 0.15) is 37.2 Å². The molecule has 3 aliphatic rings. The zero-order valence-corrected chi connectivity index (χ0v) is 15.3. The van der Waals surface area contributed by atoms with Crippen LogP contribution in [0.3, 0.4) is 0 Å². The third-order valence-corrected chi connectivity index (χ3v) is 6.00. The fourth-order valence-corrected chi connectivity index (χ4v) is 4.29. The Bertz CT molecular complexity index is 630. The first kappa shape index (κ1) is 17.5. The van der Waals surface area contributed by atoms with Crippen LogP contribution in [-0.4, -0.2) is 61.0 Å². The van der Waals surface area contributed by atoms with Gasteiger partial charge in [0, 0.05) is 32.1 Å². The van der Waals surface area contributed by atoms with Crippen molar-refractivity contribution in [2.45, 2.75) is 31.6 Å². The van der Waals surface area contributed by atoms with Crippen LogP contribution in [0.5, 0.6) is 0 Å². The van der Waals surface area contributed by atoms with Crippen molar-refractivity contribution in [3.8, 4) is 0 Å². The van der Waals surface area contributed by atoms with E-state index in [-0.39, 0.29) is 23.7 Å². The summed E-state index contributed by atoms with van der Waals surface area (Å²) in [5.74, 6) is 1.08. The van der Waals surface area contributed by atoms with Gasteiger partial charge in [-0.2, -0.15) is 0 Å². The number of benzene rings is 1. The highest BCUT2D eigenvalue weighted by Gasteiger charge is 2.40. The van der Waals surface area contributed by atoms with Gasteiger partial charge in [-0.25, -0.2) is 0 Å². The van der Waals surface area contributed by atoms with Crippen LogP contribution < -0.4 is 0 Å². The number of morpholine rings is 1. The maximum atomic E-state index is 13.2. The Balaban J connectivity index is 1.36. The largest absolute Gasteiger partial charge is 0.378 e. The Labute approximate surface area is 155 Å². The van der Waals surface area contributed by atoms with E-state index in [4.69, 9.17) is 4.74 Å². The lowest BCUT2D eigenvalue weighted by atomic mass is 9.90. The van der Waals surface area contributed by atoms with Crippen molar-refractivity contribution in [1.82, 2.24) is 9.80 Å². The van der Waals surface area contributed by atoms with Gasteiger partial charge in [-0.15, -0.1) is 0 Å². The van der Waals surface area contributed by atoms with Gasteiger partial charge in [0.25, 0.3) is 0 Å². The molecule has 5 heteroatoms. The van der Waals surface area contributed by atoms with Gasteiger partial charge < -0.3 is 14.5 Å². The van der Waals surface area contributed by atoms with E-state index in [0.717, 1.165) is 31.2 Å². The first-order valence-electron chi connectivity index (χ1n) is 9.94.